The van der Waals surface area contributed by atoms with Crippen molar-refractivity contribution in [2.24, 2.45) is 5.92 Å². The van der Waals surface area contributed by atoms with E-state index in [-0.39, 0.29) is 17.9 Å². The second kappa shape index (κ2) is 7.80. The molecule has 0 bridgehead atoms. The van der Waals surface area contributed by atoms with Crippen molar-refractivity contribution in [3.05, 3.63) is 59.9 Å². The van der Waals surface area contributed by atoms with Gasteiger partial charge in [0.15, 0.2) is 11.3 Å². The molecule has 144 valence electrons. The van der Waals surface area contributed by atoms with E-state index in [0.717, 1.165) is 10.9 Å². The fraction of sp³-hybridized carbons (Fsp3) is 0.333. The highest BCUT2D eigenvalue weighted by Crippen LogP contribution is 2.25. The van der Waals surface area contributed by atoms with E-state index in [4.69, 9.17) is 5.11 Å². The van der Waals surface area contributed by atoms with Crippen molar-refractivity contribution in [2.75, 3.05) is 0 Å². The Hall–Kier alpha value is -3.22. The highest BCUT2D eigenvalue weighted by Gasteiger charge is 2.28. The van der Waals surface area contributed by atoms with Crippen LogP contribution in [0.2, 0.25) is 0 Å². The predicted octanol–water partition coefficient (Wildman–Crippen LogP) is 2.85. The predicted molar refractivity (Wildman–Crippen MR) is 104 cm³/mol. The van der Waals surface area contributed by atoms with Crippen molar-refractivity contribution in [2.45, 2.75) is 38.3 Å². The topological polar surface area (TPSA) is 97.1 Å². The van der Waals surface area contributed by atoms with Gasteiger partial charge in [-0.25, -0.2) is 9.67 Å². The van der Waals surface area contributed by atoms with Crippen molar-refractivity contribution >= 4 is 22.9 Å². The molecule has 0 atom stereocenters. The molecule has 0 saturated heterocycles. The molecule has 0 unspecified atom stereocenters. The molecule has 2 aromatic heterocycles. The third-order valence-corrected chi connectivity index (χ3v) is 5.31. The fourth-order valence-corrected chi connectivity index (χ4v) is 3.78. The van der Waals surface area contributed by atoms with Crippen molar-refractivity contribution in [1.82, 2.24) is 20.1 Å². The number of hydrogen-bond acceptors (Lipinski definition) is 4. The van der Waals surface area contributed by atoms with Gasteiger partial charge in [0.1, 0.15) is 0 Å². The first-order valence-electron chi connectivity index (χ1n) is 9.51. The van der Waals surface area contributed by atoms with Crippen LogP contribution in [0.4, 0.5) is 0 Å². The normalized spacial score (nSPS) is 19.4. The van der Waals surface area contributed by atoms with Crippen LogP contribution < -0.4 is 5.32 Å². The summed E-state index contributed by atoms with van der Waals surface area (Å²) >= 11 is 0. The molecule has 4 rings (SSSR count). The van der Waals surface area contributed by atoms with Crippen LogP contribution in [0.5, 0.6) is 0 Å². The minimum absolute atomic E-state index is 0.0194. The summed E-state index contributed by atoms with van der Waals surface area (Å²) in [4.78, 5) is 28.4. The molecular formula is C21H22N4O3. The molecule has 1 aliphatic carbocycles. The SMILES string of the molecule is O=C(NC1CCC(C(=O)O)CC1)c1nn(Cc2ccccc2)c2ncccc12. The molecule has 1 saturated carbocycles. The van der Waals surface area contributed by atoms with Gasteiger partial charge in [-0.15, -0.1) is 0 Å². The van der Waals surface area contributed by atoms with E-state index in [1.54, 1.807) is 16.9 Å². The zero-order chi connectivity index (χ0) is 19.5. The summed E-state index contributed by atoms with van der Waals surface area (Å²) in [6.45, 7) is 0.533. The molecule has 2 heterocycles. The lowest BCUT2D eigenvalue weighted by Crippen LogP contribution is -2.39. The van der Waals surface area contributed by atoms with E-state index in [2.05, 4.69) is 15.4 Å². The largest absolute Gasteiger partial charge is 0.481 e. The number of pyridine rings is 1. The van der Waals surface area contributed by atoms with Gasteiger partial charge in [-0.05, 0) is 43.4 Å². The number of fused-ring (bicyclic) bond motifs is 1. The molecule has 0 radical (unpaired) electrons. The zero-order valence-corrected chi connectivity index (χ0v) is 15.4. The van der Waals surface area contributed by atoms with Crippen LogP contribution in [0.3, 0.4) is 0 Å². The number of carbonyl (C=O) groups excluding carboxylic acids is 1. The summed E-state index contributed by atoms with van der Waals surface area (Å²) in [7, 11) is 0. The summed E-state index contributed by atoms with van der Waals surface area (Å²) in [6, 6.07) is 13.5. The summed E-state index contributed by atoms with van der Waals surface area (Å²) in [5.41, 5.74) is 2.11. The number of carboxylic acid groups (broad SMARTS) is 1. The summed E-state index contributed by atoms with van der Waals surface area (Å²) in [6.07, 6.45) is 4.21. The lowest BCUT2D eigenvalue weighted by Gasteiger charge is -2.26. The van der Waals surface area contributed by atoms with Crippen LogP contribution in [-0.2, 0) is 11.3 Å². The van der Waals surface area contributed by atoms with Gasteiger partial charge in [0.25, 0.3) is 5.91 Å². The van der Waals surface area contributed by atoms with Crippen LogP contribution in [0, 0.1) is 5.92 Å². The van der Waals surface area contributed by atoms with Crippen molar-refractivity contribution in [1.29, 1.82) is 0 Å². The van der Waals surface area contributed by atoms with Crippen LogP contribution in [-0.4, -0.2) is 37.8 Å². The number of nitrogens with one attached hydrogen (secondary N) is 1. The first kappa shape index (κ1) is 18.2. The number of carbonyl (C=O) groups is 2. The Morgan fingerprint density at radius 2 is 1.82 bits per heavy atom. The quantitative estimate of drug-likeness (QED) is 0.712. The first-order chi connectivity index (χ1) is 13.6. The molecule has 0 spiro atoms. The van der Waals surface area contributed by atoms with E-state index in [1.807, 2.05) is 36.4 Å². The molecule has 2 N–H and O–H groups in total. The maximum Gasteiger partial charge on any atom is 0.306 e. The van der Waals surface area contributed by atoms with Gasteiger partial charge in [0.05, 0.1) is 17.8 Å². The second-order valence-electron chi connectivity index (χ2n) is 7.23. The third-order valence-electron chi connectivity index (χ3n) is 5.31. The number of aliphatic carboxylic acids is 1. The molecule has 1 amide bonds. The Morgan fingerprint density at radius 3 is 2.54 bits per heavy atom. The lowest BCUT2D eigenvalue weighted by molar-refractivity contribution is -0.142. The molecular weight excluding hydrogens is 356 g/mol. The average molecular weight is 378 g/mol. The maximum atomic E-state index is 12.9. The Kier molecular flexibility index (Phi) is 5.06. The minimum Gasteiger partial charge on any atom is -0.481 e. The van der Waals surface area contributed by atoms with Gasteiger partial charge in [-0.3, -0.25) is 9.59 Å². The molecule has 28 heavy (non-hydrogen) atoms. The number of aromatic nitrogens is 3. The maximum absolute atomic E-state index is 12.9. The summed E-state index contributed by atoms with van der Waals surface area (Å²) in [5, 5.41) is 17.4. The molecule has 7 nitrogen and oxygen atoms in total. The van der Waals surface area contributed by atoms with Crippen LogP contribution in [0.15, 0.2) is 48.7 Å². The van der Waals surface area contributed by atoms with Gasteiger partial charge in [-0.1, -0.05) is 30.3 Å². The van der Waals surface area contributed by atoms with E-state index in [1.165, 1.54) is 0 Å². The first-order valence-corrected chi connectivity index (χ1v) is 9.51. The number of benzene rings is 1. The Bertz CT molecular complexity index is 991. The zero-order valence-electron chi connectivity index (χ0n) is 15.4. The van der Waals surface area contributed by atoms with Crippen molar-refractivity contribution in [3.63, 3.8) is 0 Å². The molecule has 3 aromatic rings. The Balaban J connectivity index is 1.53. The average Bonchev–Trinajstić information content (AvgIpc) is 3.08. The number of nitrogens with zero attached hydrogens (tertiary/aromatic N) is 3. The molecule has 7 heteroatoms. The second-order valence-corrected chi connectivity index (χ2v) is 7.23. The van der Waals surface area contributed by atoms with Crippen LogP contribution >= 0.6 is 0 Å². The third kappa shape index (κ3) is 3.74. The number of hydrogen-bond donors (Lipinski definition) is 2. The summed E-state index contributed by atoms with van der Waals surface area (Å²) in [5.74, 6) is -1.28. The van der Waals surface area contributed by atoms with E-state index in [0.29, 0.717) is 43.6 Å². The Labute approximate surface area is 162 Å². The highest BCUT2D eigenvalue weighted by atomic mass is 16.4. The molecule has 0 aliphatic heterocycles. The standard InChI is InChI=1S/C21H22N4O3/c26-20(23-16-10-8-15(9-11-16)21(27)28)18-17-7-4-12-22-19(17)25(24-18)13-14-5-2-1-3-6-14/h1-7,12,15-16H,8-11,13H2,(H,23,26)(H,27,28). The fourth-order valence-electron chi connectivity index (χ4n) is 3.78. The molecule has 1 aromatic carbocycles. The molecule has 1 aliphatic rings. The number of amides is 1. The van der Waals surface area contributed by atoms with Crippen LogP contribution in [0.1, 0.15) is 41.7 Å². The number of carboxylic acids is 1. The number of rotatable bonds is 5. The molecule has 1 fully saturated rings. The van der Waals surface area contributed by atoms with Gasteiger partial charge in [0.2, 0.25) is 0 Å². The minimum atomic E-state index is -0.749. The van der Waals surface area contributed by atoms with Crippen molar-refractivity contribution < 1.29 is 14.7 Å². The van der Waals surface area contributed by atoms with Crippen molar-refractivity contribution in [3.8, 4) is 0 Å². The van der Waals surface area contributed by atoms with Gasteiger partial charge < -0.3 is 10.4 Å². The Morgan fingerprint density at radius 1 is 1.07 bits per heavy atom. The smallest absolute Gasteiger partial charge is 0.306 e. The summed E-state index contributed by atoms with van der Waals surface area (Å²) < 4.78 is 1.75. The van der Waals surface area contributed by atoms with Gasteiger partial charge in [-0.2, -0.15) is 5.10 Å². The monoisotopic (exact) mass is 378 g/mol. The van der Waals surface area contributed by atoms with E-state index in [9.17, 15) is 9.59 Å². The van der Waals surface area contributed by atoms with E-state index < -0.39 is 5.97 Å². The van der Waals surface area contributed by atoms with Gasteiger partial charge in [0, 0.05) is 12.2 Å². The van der Waals surface area contributed by atoms with E-state index >= 15 is 0 Å². The van der Waals surface area contributed by atoms with Gasteiger partial charge >= 0.3 is 5.97 Å². The lowest BCUT2D eigenvalue weighted by atomic mass is 9.86. The highest BCUT2D eigenvalue weighted by molar-refractivity contribution is 6.04. The van der Waals surface area contributed by atoms with Crippen LogP contribution in [0.25, 0.3) is 11.0 Å².